The number of pyridine rings is 1. The van der Waals surface area contributed by atoms with Crippen LogP contribution in [0.2, 0.25) is 0 Å². The van der Waals surface area contributed by atoms with Gasteiger partial charge in [-0.05, 0) is 55.9 Å². The Morgan fingerprint density at radius 3 is 2.81 bits per heavy atom. The van der Waals surface area contributed by atoms with Crippen molar-refractivity contribution in [1.29, 1.82) is 0 Å². The van der Waals surface area contributed by atoms with E-state index in [1.54, 1.807) is 0 Å². The van der Waals surface area contributed by atoms with Gasteiger partial charge in [0.15, 0.2) is 0 Å². The highest BCUT2D eigenvalue weighted by molar-refractivity contribution is 7.80. The van der Waals surface area contributed by atoms with Crippen LogP contribution in [0.1, 0.15) is 67.1 Å². The zero-order chi connectivity index (χ0) is 18.1. The molecule has 2 aromatic heterocycles. The van der Waals surface area contributed by atoms with Crippen LogP contribution in [0.5, 0.6) is 0 Å². The maximum absolute atomic E-state index is 5.66. The quantitative estimate of drug-likeness (QED) is 0.615. The molecule has 0 aliphatic heterocycles. The largest absolute Gasteiger partial charge is 0.363 e. The summed E-state index contributed by atoms with van der Waals surface area (Å²) in [6.45, 7) is 4.31. The first kappa shape index (κ1) is 17.5. The van der Waals surface area contributed by atoms with Crippen LogP contribution in [0.25, 0.3) is 0 Å². The van der Waals surface area contributed by atoms with Gasteiger partial charge in [0.2, 0.25) is 0 Å². The van der Waals surface area contributed by atoms with E-state index in [0.29, 0.717) is 0 Å². The molecule has 0 radical (unpaired) electrons. The molecule has 1 fully saturated rings. The van der Waals surface area contributed by atoms with E-state index in [1.807, 2.05) is 12.3 Å². The van der Waals surface area contributed by atoms with Crippen molar-refractivity contribution in [1.82, 2.24) is 9.97 Å². The number of H-pyrrole nitrogens is 1. The smallest absolute Gasteiger partial charge is 0.103 e. The standard InChI is InChI=1S/C21H28N4S/c1-13-16-9-10-17(24-18-8-5-11-22-18)21(16)23-14(2)20(13)25-19(26)12-15-6-3-4-7-15/h5,8,11,15,17,22,24H,3-4,6-7,9-10,12H2,1-2H3,(H,25,26). The summed E-state index contributed by atoms with van der Waals surface area (Å²) in [5.41, 5.74) is 6.08. The number of aromatic nitrogens is 2. The number of aryl methyl sites for hydroxylation is 1. The molecule has 0 bridgehead atoms. The number of thiocarbonyl (C=S) groups is 1. The first-order valence-corrected chi connectivity index (χ1v) is 10.2. The summed E-state index contributed by atoms with van der Waals surface area (Å²) in [5.74, 6) is 1.83. The van der Waals surface area contributed by atoms with Gasteiger partial charge in [-0.25, -0.2) is 0 Å². The Morgan fingerprint density at radius 2 is 2.08 bits per heavy atom. The van der Waals surface area contributed by atoms with Gasteiger partial charge in [0.1, 0.15) is 5.82 Å². The van der Waals surface area contributed by atoms with E-state index in [1.165, 1.54) is 42.5 Å². The molecule has 1 saturated carbocycles. The highest BCUT2D eigenvalue weighted by Gasteiger charge is 2.28. The summed E-state index contributed by atoms with van der Waals surface area (Å²) in [6, 6.07) is 4.36. The summed E-state index contributed by atoms with van der Waals surface area (Å²) in [6.07, 6.45) is 10.5. The van der Waals surface area contributed by atoms with Crippen molar-refractivity contribution < 1.29 is 0 Å². The Bertz CT molecular complexity index is 791. The Morgan fingerprint density at radius 1 is 1.27 bits per heavy atom. The van der Waals surface area contributed by atoms with E-state index >= 15 is 0 Å². The third-order valence-corrected chi connectivity index (χ3v) is 6.21. The van der Waals surface area contributed by atoms with Crippen molar-refractivity contribution in [3.05, 3.63) is 40.8 Å². The molecule has 4 rings (SSSR count). The van der Waals surface area contributed by atoms with Gasteiger partial charge in [-0.2, -0.15) is 0 Å². The van der Waals surface area contributed by atoms with Gasteiger partial charge >= 0.3 is 0 Å². The Kier molecular flexibility index (Phi) is 4.98. The normalized spacial score (nSPS) is 19.5. The number of nitrogens with one attached hydrogen (secondary N) is 3. The van der Waals surface area contributed by atoms with Crippen LogP contribution in [0.4, 0.5) is 11.5 Å². The monoisotopic (exact) mass is 368 g/mol. The van der Waals surface area contributed by atoms with Gasteiger partial charge in [-0.1, -0.05) is 37.9 Å². The molecule has 3 N–H and O–H groups in total. The minimum absolute atomic E-state index is 0.278. The topological polar surface area (TPSA) is 52.7 Å². The highest BCUT2D eigenvalue weighted by Crippen LogP contribution is 2.38. The minimum Gasteiger partial charge on any atom is -0.363 e. The average molecular weight is 369 g/mol. The van der Waals surface area contributed by atoms with Gasteiger partial charge < -0.3 is 15.6 Å². The van der Waals surface area contributed by atoms with Crippen molar-refractivity contribution in [2.75, 3.05) is 10.6 Å². The van der Waals surface area contributed by atoms with E-state index in [0.717, 1.165) is 47.4 Å². The van der Waals surface area contributed by atoms with Crippen LogP contribution >= 0.6 is 12.2 Å². The molecular weight excluding hydrogens is 340 g/mol. The molecule has 5 heteroatoms. The predicted molar refractivity (Wildman–Crippen MR) is 112 cm³/mol. The maximum Gasteiger partial charge on any atom is 0.103 e. The number of fused-ring (bicyclic) bond motifs is 1. The second-order valence-electron chi connectivity index (χ2n) is 7.78. The van der Waals surface area contributed by atoms with Crippen molar-refractivity contribution in [2.24, 2.45) is 5.92 Å². The fourth-order valence-electron chi connectivity index (χ4n) is 4.55. The molecule has 138 valence electrons. The molecule has 1 atom stereocenters. The SMILES string of the molecule is Cc1nc2c(c(C)c1NC(=S)CC1CCCC1)CCC2Nc1ccc[nH]1. The summed E-state index contributed by atoms with van der Waals surface area (Å²) in [4.78, 5) is 9.17. The van der Waals surface area contributed by atoms with Crippen LogP contribution in [-0.2, 0) is 6.42 Å². The van der Waals surface area contributed by atoms with E-state index < -0.39 is 0 Å². The molecule has 0 amide bonds. The zero-order valence-corrected chi connectivity index (χ0v) is 16.5. The van der Waals surface area contributed by atoms with Gasteiger partial charge in [-0.3, -0.25) is 4.98 Å². The van der Waals surface area contributed by atoms with E-state index in [-0.39, 0.29) is 6.04 Å². The van der Waals surface area contributed by atoms with Crippen LogP contribution < -0.4 is 10.6 Å². The Labute approximate surface area is 161 Å². The van der Waals surface area contributed by atoms with Crippen molar-refractivity contribution >= 4 is 28.7 Å². The molecule has 4 nitrogen and oxygen atoms in total. The number of hydrogen-bond donors (Lipinski definition) is 3. The molecule has 2 heterocycles. The van der Waals surface area contributed by atoms with E-state index in [2.05, 4.69) is 35.5 Å². The fraction of sp³-hybridized carbons (Fsp3) is 0.524. The molecule has 0 aromatic carbocycles. The lowest BCUT2D eigenvalue weighted by Crippen LogP contribution is -2.17. The summed E-state index contributed by atoms with van der Waals surface area (Å²) < 4.78 is 0. The van der Waals surface area contributed by atoms with Crippen LogP contribution in [-0.4, -0.2) is 15.0 Å². The van der Waals surface area contributed by atoms with E-state index in [4.69, 9.17) is 17.2 Å². The number of hydrogen-bond acceptors (Lipinski definition) is 3. The van der Waals surface area contributed by atoms with Gasteiger partial charge in [0.25, 0.3) is 0 Å². The Hall–Kier alpha value is -1.88. The third kappa shape index (κ3) is 3.50. The van der Waals surface area contributed by atoms with Gasteiger partial charge in [0, 0.05) is 12.6 Å². The lowest BCUT2D eigenvalue weighted by molar-refractivity contribution is 0.575. The van der Waals surface area contributed by atoms with Gasteiger partial charge in [-0.15, -0.1) is 0 Å². The van der Waals surface area contributed by atoms with Crippen molar-refractivity contribution in [3.8, 4) is 0 Å². The zero-order valence-electron chi connectivity index (χ0n) is 15.7. The minimum atomic E-state index is 0.278. The molecule has 2 aromatic rings. The van der Waals surface area contributed by atoms with Crippen molar-refractivity contribution in [3.63, 3.8) is 0 Å². The molecular formula is C21H28N4S. The molecule has 26 heavy (non-hydrogen) atoms. The molecule has 0 saturated heterocycles. The van der Waals surface area contributed by atoms with Crippen LogP contribution in [0.3, 0.4) is 0 Å². The first-order valence-electron chi connectivity index (χ1n) is 9.81. The second-order valence-corrected chi connectivity index (χ2v) is 8.28. The highest BCUT2D eigenvalue weighted by atomic mass is 32.1. The summed E-state index contributed by atoms with van der Waals surface area (Å²) in [5, 5.41) is 7.11. The third-order valence-electron chi connectivity index (χ3n) is 5.94. The van der Waals surface area contributed by atoms with Crippen LogP contribution in [0, 0.1) is 19.8 Å². The Balaban J connectivity index is 1.51. The second kappa shape index (κ2) is 7.39. The number of anilines is 2. The summed E-state index contributed by atoms with van der Waals surface area (Å²) in [7, 11) is 0. The van der Waals surface area contributed by atoms with E-state index in [9.17, 15) is 0 Å². The van der Waals surface area contributed by atoms with Gasteiger partial charge in [0.05, 0.1) is 28.1 Å². The molecule has 2 aliphatic carbocycles. The van der Waals surface area contributed by atoms with Crippen LogP contribution in [0.15, 0.2) is 18.3 Å². The molecule has 2 aliphatic rings. The molecule has 1 unspecified atom stereocenters. The number of nitrogens with zero attached hydrogens (tertiary/aromatic N) is 1. The first-order chi connectivity index (χ1) is 12.6. The lowest BCUT2D eigenvalue weighted by Gasteiger charge is -2.19. The number of rotatable bonds is 5. The fourth-order valence-corrected chi connectivity index (χ4v) is 4.89. The van der Waals surface area contributed by atoms with Crippen molar-refractivity contribution in [2.45, 2.75) is 64.8 Å². The predicted octanol–water partition coefficient (Wildman–Crippen LogP) is 5.45. The molecule has 0 spiro atoms. The number of aromatic amines is 1. The lowest BCUT2D eigenvalue weighted by atomic mass is 10.0. The summed E-state index contributed by atoms with van der Waals surface area (Å²) >= 11 is 5.66. The average Bonchev–Trinajstić information content (AvgIpc) is 3.35. The maximum atomic E-state index is 5.66.